The molecule has 4 N–H and O–H groups in total. The Bertz CT molecular complexity index is 358. The first-order chi connectivity index (χ1) is 6.09. The normalized spacial score (nSPS) is 10.5. The van der Waals surface area contributed by atoms with Gasteiger partial charge >= 0.3 is 0 Å². The van der Waals surface area contributed by atoms with Crippen molar-refractivity contribution in [3.05, 3.63) is 29.5 Å². The van der Waals surface area contributed by atoms with Gasteiger partial charge in [0.1, 0.15) is 5.82 Å². The van der Waals surface area contributed by atoms with Crippen LogP contribution in [0.5, 0.6) is 0 Å². The van der Waals surface area contributed by atoms with Crippen LogP contribution in [0.25, 0.3) is 6.08 Å². The zero-order valence-corrected chi connectivity index (χ0v) is 7.32. The summed E-state index contributed by atoms with van der Waals surface area (Å²) in [6.07, 6.45) is 4.47. The van der Waals surface area contributed by atoms with E-state index in [1.165, 1.54) is 6.08 Å². The number of pyridine rings is 1. The van der Waals surface area contributed by atoms with E-state index in [1.807, 2.05) is 13.0 Å². The molecule has 0 unspecified atom stereocenters. The number of aromatic nitrogens is 1. The third kappa shape index (κ3) is 2.59. The highest BCUT2D eigenvalue weighted by atomic mass is 16.1. The van der Waals surface area contributed by atoms with Crippen molar-refractivity contribution >= 4 is 17.8 Å². The van der Waals surface area contributed by atoms with Gasteiger partial charge in [0, 0.05) is 12.3 Å². The van der Waals surface area contributed by atoms with Gasteiger partial charge in [-0.15, -0.1) is 0 Å². The molecule has 4 heteroatoms. The van der Waals surface area contributed by atoms with E-state index in [9.17, 15) is 4.79 Å². The average Bonchev–Trinajstić information content (AvgIpc) is 2.07. The van der Waals surface area contributed by atoms with Crippen LogP contribution in [0.4, 0.5) is 5.82 Å². The third-order valence-electron chi connectivity index (χ3n) is 1.58. The predicted octanol–water partition coefficient (Wildman–Crippen LogP) is 0.471. The lowest BCUT2D eigenvalue weighted by Crippen LogP contribution is -2.05. The van der Waals surface area contributed by atoms with Crippen molar-refractivity contribution in [2.45, 2.75) is 6.92 Å². The van der Waals surface area contributed by atoms with E-state index < -0.39 is 5.91 Å². The molecule has 13 heavy (non-hydrogen) atoms. The molecule has 0 aliphatic heterocycles. The lowest BCUT2D eigenvalue weighted by molar-refractivity contribution is -0.113. The summed E-state index contributed by atoms with van der Waals surface area (Å²) in [6, 6.07) is 1.84. The van der Waals surface area contributed by atoms with Gasteiger partial charge in [0.2, 0.25) is 5.91 Å². The Morgan fingerprint density at radius 1 is 1.62 bits per heavy atom. The van der Waals surface area contributed by atoms with Gasteiger partial charge in [-0.25, -0.2) is 4.98 Å². The Balaban J connectivity index is 2.92. The summed E-state index contributed by atoms with van der Waals surface area (Å²) in [5.41, 5.74) is 12.1. The summed E-state index contributed by atoms with van der Waals surface area (Å²) >= 11 is 0. The van der Waals surface area contributed by atoms with Crippen molar-refractivity contribution in [1.82, 2.24) is 4.98 Å². The quantitative estimate of drug-likeness (QED) is 0.644. The van der Waals surface area contributed by atoms with Gasteiger partial charge < -0.3 is 11.5 Å². The fourth-order valence-electron chi connectivity index (χ4n) is 0.877. The molecule has 0 radical (unpaired) electrons. The van der Waals surface area contributed by atoms with Gasteiger partial charge in [-0.1, -0.05) is 0 Å². The summed E-state index contributed by atoms with van der Waals surface area (Å²) in [5, 5.41) is 0. The number of nitrogens with zero attached hydrogens (tertiary/aromatic N) is 1. The summed E-state index contributed by atoms with van der Waals surface area (Å²) in [5.74, 6) is 0.0192. The van der Waals surface area contributed by atoms with E-state index in [1.54, 1.807) is 12.3 Å². The number of anilines is 1. The predicted molar refractivity (Wildman–Crippen MR) is 51.6 cm³/mol. The molecule has 1 amide bonds. The number of carbonyl (C=O) groups is 1. The highest BCUT2D eigenvalue weighted by Crippen LogP contribution is 2.09. The maximum atomic E-state index is 10.4. The van der Waals surface area contributed by atoms with Gasteiger partial charge in [0.05, 0.1) is 0 Å². The molecule has 0 aliphatic rings. The van der Waals surface area contributed by atoms with Crippen molar-refractivity contribution in [2.75, 3.05) is 5.73 Å². The van der Waals surface area contributed by atoms with Gasteiger partial charge in [0.15, 0.2) is 0 Å². The number of hydrogen-bond donors (Lipinski definition) is 2. The fourth-order valence-corrected chi connectivity index (χ4v) is 0.877. The second kappa shape index (κ2) is 3.71. The van der Waals surface area contributed by atoms with E-state index in [0.717, 1.165) is 11.1 Å². The second-order valence-electron chi connectivity index (χ2n) is 2.71. The van der Waals surface area contributed by atoms with E-state index in [2.05, 4.69) is 4.98 Å². The van der Waals surface area contributed by atoms with Crippen LogP contribution in [-0.2, 0) is 4.79 Å². The van der Waals surface area contributed by atoms with Gasteiger partial charge in [-0.05, 0) is 30.2 Å². The lowest BCUT2D eigenvalue weighted by Gasteiger charge is -1.98. The third-order valence-corrected chi connectivity index (χ3v) is 1.58. The number of aryl methyl sites for hydroxylation is 1. The van der Waals surface area contributed by atoms with Crippen LogP contribution in [-0.4, -0.2) is 10.9 Å². The van der Waals surface area contributed by atoms with E-state index in [4.69, 9.17) is 11.5 Å². The summed E-state index contributed by atoms with van der Waals surface area (Å²) in [4.78, 5) is 14.3. The molecule has 0 saturated heterocycles. The summed E-state index contributed by atoms with van der Waals surface area (Å²) < 4.78 is 0. The van der Waals surface area contributed by atoms with E-state index in [0.29, 0.717) is 5.82 Å². The van der Waals surface area contributed by atoms with Crippen LogP contribution < -0.4 is 11.5 Å². The number of nitrogens with two attached hydrogens (primary N) is 2. The largest absolute Gasteiger partial charge is 0.383 e. The molecular formula is C9H11N3O. The minimum absolute atomic E-state index is 0.477. The molecule has 0 fully saturated rings. The molecule has 0 atom stereocenters. The van der Waals surface area contributed by atoms with Crippen LogP contribution >= 0.6 is 0 Å². The van der Waals surface area contributed by atoms with Gasteiger partial charge in [0.25, 0.3) is 0 Å². The summed E-state index contributed by atoms with van der Waals surface area (Å²) in [6.45, 7) is 1.85. The first-order valence-corrected chi connectivity index (χ1v) is 3.79. The van der Waals surface area contributed by atoms with Gasteiger partial charge in [-0.2, -0.15) is 0 Å². The zero-order valence-electron chi connectivity index (χ0n) is 7.32. The molecule has 0 aromatic carbocycles. The summed E-state index contributed by atoms with van der Waals surface area (Å²) in [7, 11) is 0. The molecule has 1 aromatic rings. The first kappa shape index (κ1) is 9.25. The van der Waals surface area contributed by atoms with Crippen LogP contribution in [0.15, 0.2) is 18.3 Å². The molecule has 1 aromatic heterocycles. The molecule has 0 bridgehead atoms. The molecule has 4 nitrogen and oxygen atoms in total. The molecule has 1 rings (SSSR count). The van der Waals surface area contributed by atoms with Crippen molar-refractivity contribution in [3.8, 4) is 0 Å². The maximum Gasteiger partial charge on any atom is 0.241 e. The van der Waals surface area contributed by atoms with Crippen molar-refractivity contribution < 1.29 is 4.79 Å². The Morgan fingerprint density at radius 2 is 2.31 bits per heavy atom. The maximum absolute atomic E-state index is 10.4. The fraction of sp³-hybridized carbons (Fsp3) is 0.111. The van der Waals surface area contributed by atoms with Gasteiger partial charge in [-0.3, -0.25) is 4.79 Å². The zero-order chi connectivity index (χ0) is 9.84. The molecule has 0 spiro atoms. The Labute approximate surface area is 76.3 Å². The van der Waals surface area contributed by atoms with Crippen LogP contribution in [0, 0.1) is 6.92 Å². The number of carbonyl (C=O) groups excluding carboxylic acids is 1. The second-order valence-corrected chi connectivity index (χ2v) is 2.71. The number of hydrogen-bond acceptors (Lipinski definition) is 3. The highest BCUT2D eigenvalue weighted by molar-refractivity contribution is 5.90. The molecule has 68 valence electrons. The van der Waals surface area contributed by atoms with E-state index >= 15 is 0 Å². The van der Waals surface area contributed by atoms with Crippen molar-refractivity contribution in [2.24, 2.45) is 5.73 Å². The lowest BCUT2D eigenvalue weighted by atomic mass is 10.2. The monoisotopic (exact) mass is 177 g/mol. The standard InChI is InChI=1S/C9H11N3O/c1-6-4-7(2-3-8(10)13)5-12-9(6)11/h2-5H,1H3,(H2,10,13)(H2,11,12). The Morgan fingerprint density at radius 3 is 2.85 bits per heavy atom. The molecule has 1 heterocycles. The molecule has 0 aliphatic carbocycles. The van der Waals surface area contributed by atoms with Crippen LogP contribution in [0.2, 0.25) is 0 Å². The molecular weight excluding hydrogens is 166 g/mol. The minimum atomic E-state index is -0.477. The van der Waals surface area contributed by atoms with Crippen molar-refractivity contribution in [3.63, 3.8) is 0 Å². The number of primary amides is 1. The first-order valence-electron chi connectivity index (χ1n) is 3.79. The van der Waals surface area contributed by atoms with Crippen LogP contribution in [0.3, 0.4) is 0 Å². The smallest absolute Gasteiger partial charge is 0.241 e. The molecule has 0 saturated carbocycles. The Hall–Kier alpha value is -1.84. The van der Waals surface area contributed by atoms with Crippen LogP contribution in [0.1, 0.15) is 11.1 Å². The topological polar surface area (TPSA) is 82.0 Å². The minimum Gasteiger partial charge on any atom is -0.383 e. The van der Waals surface area contributed by atoms with E-state index in [-0.39, 0.29) is 0 Å². The number of amides is 1. The van der Waals surface area contributed by atoms with Crippen molar-refractivity contribution in [1.29, 1.82) is 0 Å². The number of nitrogen functional groups attached to an aromatic ring is 1. The Kier molecular flexibility index (Phi) is 2.64. The highest BCUT2D eigenvalue weighted by Gasteiger charge is 1.94. The average molecular weight is 177 g/mol. The SMILES string of the molecule is Cc1cc(C=CC(N)=O)cnc1N. The number of rotatable bonds is 2.